The summed E-state index contributed by atoms with van der Waals surface area (Å²) < 4.78 is 4.59. The van der Waals surface area contributed by atoms with Gasteiger partial charge in [-0.1, -0.05) is 6.07 Å². The summed E-state index contributed by atoms with van der Waals surface area (Å²) in [5, 5.41) is 9.26. The van der Waals surface area contributed by atoms with Gasteiger partial charge in [-0.05, 0) is 42.5 Å². The van der Waals surface area contributed by atoms with Crippen LogP contribution in [0, 0.1) is 17.2 Å². The van der Waals surface area contributed by atoms with Crippen LogP contribution in [0.5, 0.6) is 0 Å². The second kappa shape index (κ2) is 5.22. The highest BCUT2D eigenvalue weighted by Crippen LogP contribution is 2.47. The van der Waals surface area contributed by atoms with Gasteiger partial charge in [0.15, 0.2) is 0 Å². The van der Waals surface area contributed by atoms with E-state index in [0.29, 0.717) is 5.56 Å². The molecule has 0 spiro atoms. The molecule has 2 heterocycles. The molecule has 0 N–H and O–H groups in total. The average molecular weight is 308 g/mol. The number of pyridine rings is 1. The lowest BCUT2D eigenvalue weighted by Crippen LogP contribution is -2.16. The van der Waals surface area contributed by atoms with Crippen LogP contribution in [0.15, 0.2) is 36.7 Å². The van der Waals surface area contributed by atoms with E-state index in [9.17, 15) is 5.26 Å². The zero-order chi connectivity index (χ0) is 15.1. The molecule has 4 nitrogen and oxygen atoms in total. The molecule has 1 aliphatic carbocycles. The third-order valence-corrected chi connectivity index (χ3v) is 5.16. The van der Waals surface area contributed by atoms with E-state index < -0.39 is 0 Å². The van der Waals surface area contributed by atoms with Gasteiger partial charge < -0.3 is 0 Å². The molecule has 0 atom stereocenters. The summed E-state index contributed by atoms with van der Waals surface area (Å²) in [4.78, 5) is 4.04. The highest BCUT2D eigenvalue weighted by atomic mass is 32.2. The lowest BCUT2D eigenvalue weighted by molar-refractivity contribution is 0.852. The molecule has 5 heteroatoms. The molecule has 0 radical (unpaired) electrons. The van der Waals surface area contributed by atoms with Crippen molar-refractivity contribution in [1.29, 1.82) is 5.26 Å². The van der Waals surface area contributed by atoms with Gasteiger partial charge in [0.1, 0.15) is 6.07 Å². The Morgan fingerprint density at radius 2 is 2.18 bits per heavy atom. The van der Waals surface area contributed by atoms with Crippen LogP contribution in [0.4, 0.5) is 11.4 Å². The van der Waals surface area contributed by atoms with Crippen LogP contribution < -0.4 is 8.61 Å². The molecule has 1 aromatic heterocycles. The second-order valence-electron chi connectivity index (χ2n) is 5.82. The zero-order valence-corrected chi connectivity index (χ0v) is 13.2. The first-order chi connectivity index (χ1) is 10.8. The average Bonchev–Trinajstić information content (AvgIpc) is 3.32. The molecule has 1 aromatic carbocycles. The molecule has 1 fully saturated rings. The smallest absolute Gasteiger partial charge is 0.101 e. The number of benzene rings is 1. The summed E-state index contributed by atoms with van der Waals surface area (Å²) in [5.74, 6) is 0.858. The summed E-state index contributed by atoms with van der Waals surface area (Å²) in [7, 11) is 2.10. The molecular formula is C17H16N4S. The quantitative estimate of drug-likeness (QED) is 0.806. The van der Waals surface area contributed by atoms with Gasteiger partial charge in [-0.3, -0.25) is 13.6 Å². The molecule has 1 aliphatic heterocycles. The molecule has 1 saturated carbocycles. The number of nitrogens with zero attached hydrogens (tertiary/aromatic N) is 4. The number of rotatable bonds is 3. The van der Waals surface area contributed by atoms with Crippen molar-refractivity contribution in [1.82, 2.24) is 4.98 Å². The summed E-state index contributed by atoms with van der Waals surface area (Å²) in [6, 6.07) is 10.6. The van der Waals surface area contributed by atoms with Gasteiger partial charge in [0, 0.05) is 31.5 Å². The van der Waals surface area contributed by atoms with E-state index in [1.807, 2.05) is 6.07 Å². The van der Waals surface area contributed by atoms with Crippen molar-refractivity contribution >= 4 is 23.5 Å². The Bertz CT molecular complexity index is 763. The van der Waals surface area contributed by atoms with E-state index in [1.54, 1.807) is 24.5 Å². The minimum Gasteiger partial charge on any atom is -0.300 e. The maximum Gasteiger partial charge on any atom is 0.101 e. The first-order valence-corrected chi connectivity index (χ1v) is 8.17. The molecule has 22 heavy (non-hydrogen) atoms. The topological polar surface area (TPSA) is 43.2 Å². The van der Waals surface area contributed by atoms with E-state index in [4.69, 9.17) is 0 Å². The SMILES string of the molecule is CN1SN(CC2CC2)c2ccc(-c3ccncc3C#N)cc21. The third kappa shape index (κ3) is 2.30. The van der Waals surface area contributed by atoms with Crippen molar-refractivity contribution in [3.05, 3.63) is 42.2 Å². The minimum atomic E-state index is 0.616. The van der Waals surface area contributed by atoms with Crippen LogP contribution in [-0.4, -0.2) is 18.6 Å². The number of anilines is 2. The van der Waals surface area contributed by atoms with E-state index >= 15 is 0 Å². The van der Waals surface area contributed by atoms with Gasteiger partial charge in [0.2, 0.25) is 0 Å². The van der Waals surface area contributed by atoms with Crippen molar-refractivity contribution in [2.24, 2.45) is 5.92 Å². The van der Waals surface area contributed by atoms with E-state index in [2.05, 4.69) is 44.9 Å². The Morgan fingerprint density at radius 3 is 2.95 bits per heavy atom. The Morgan fingerprint density at radius 1 is 1.32 bits per heavy atom. The number of hydrogen-bond acceptors (Lipinski definition) is 5. The number of hydrogen-bond donors (Lipinski definition) is 0. The van der Waals surface area contributed by atoms with Crippen LogP contribution in [0.25, 0.3) is 11.1 Å². The van der Waals surface area contributed by atoms with Gasteiger partial charge >= 0.3 is 0 Å². The van der Waals surface area contributed by atoms with Crippen LogP contribution in [0.2, 0.25) is 0 Å². The van der Waals surface area contributed by atoms with E-state index in [0.717, 1.165) is 23.6 Å². The number of nitriles is 1. The Hall–Kier alpha value is -2.19. The second-order valence-corrected chi connectivity index (χ2v) is 6.97. The monoisotopic (exact) mass is 308 g/mol. The summed E-state index contributed by atoms with van der Waals surface area (Å²) in [5.41, 5.74) is 5.11. The molecule has 2 aliphatic rings. The van der Waals surface area contributed by atoms with Gasteiger partial charge in [0.05, 0.1) is 29.1 Å². The normalized spacial score (nSPS) is 16.5. The van der Waals surface area contributed by atoms with E-state index in [1.165, 1.54) is 24.2 Å². The predicted octanol–water partition coefficient (Wildman–Crippen LogP) is 3.85. The highest BCUT2D eigenvalue weighted by molar-refractivity contribution is 8.02. The molecule has 0 bridgehead atoms. The molecular weight excluding hydrogens is 292 g/mol. The van der Waals surface area contributed by atoms with Crippen molar-refractivity contribution in [2.75, 3.05) is 22.2 Å². The highest BCUT2D eigenvalue weighted by Gasteiger charge is 2.31. The molecule has 0 amide bonds. The van der Waals surface area contributed by atoms with Crippen LogP contribution in [0.1, 0.15) is 18.4 Å². The molecule has 0 saturated heterocycles. The number of fused-ring (bicyclic) bond motifs is 1. The molecule has 110 valence electrons. The van der Waals surface area contributed by atoms with Crippen molar-refractivity contribution in [3.63, 3.8) is 0 Å². The predicted molar refractivity (Wildman–Crippen MR) is 90.5 cm³/mol. The minimum absolute atomic E-state index is 0.616. The standard InChI is InChI=1S/C17H16N4S/c1-20-17-8-13(15-6-7-19-10-14(15)9-18)4-5-16(17)21(22-20)11-12-2-3-12/h4-8,10,12H,2-3,11H2,1H3. The summed E-state index contributed by atoms with van der Waals surface area (Å²) in [6.07, 6.45) is 6.08. The third-order valence-electron chi connectivity index (χ3n) is 4.18. The Labute approximate surface area is 134 Å². The summed E-state index contributed by atoms with van der Waals surface area (Å²) >= 11 is 1.77. The van der Waals surface area contributed by atoms with Gasteiger partial charge in [0.25, 0.3) is 0 Å². The fourth-order valence-electron chi connectivity index (χ4n) is 2.79. The fraction of sp³-hybridized carbons (Fsp3) is 0.294. The van der Waals surface area contributed by atoms with Crippen molar-refractivity contribution in [2.45, 2.75) is 12.8 Å². The lowest BCUT2D eigenvalue weighted by atomic mass is 10.0. The van der Waals surface area contributed by atoms with Gasteiger partial charge in [-0.2, -0.15) is 5.26 Å². The molecule has 0 unspecified atom stereocenters. The zero-order valence-electron chi connectivity index (χ0n) is 12.4. The van der Waals surface area contributed by atoms with Crippen LogP contribution in [0.3, 0.4) is 0 Å². The lowest BCUT2D eigenvalue weighted by Gasteiger charge is -2.16. The Balaban J connectivity index is 1.72. The number of aromatic nitrogens is 1. The van der Waals surface area contributed by atoms with Crippen molar-refractivity contribution in [3.8, 4) is 17.2 Å². The van der Waals surface area contributed by atoms with Crippen LogP contribution >= 0.6 is 12.1 Å². The Kier molecular flexibility index (Phi) is 3.20. The first kappa shape index (κ1) is 13.5. The van der Waals surface area contributed by atoms with E-state index in [-0.39, 0.29) is 0 Å². The first-order valence-electron chi connectivity index (χ1n) is 7.44. The van der Waals surface area contributed by atoms with Gasteiger partial charge in [-0.25, -0.2) is 0 Å². The fourth-order valence-corrected chi connectivity index (χ4v) is 3.84. The largest absolute Gasteiger partial charge is 0.300 e. The van der Waals surface area contributed by atoms with Gasteiger partial charge in [-0.15, -0.1) is 0 Å². The maximum atomic E-state index is 9.26. The van der Waals surface area contributed by atoms with Crippen LogP contribution in [-0.2, 0) is 0 Å². The molecule has 2 aromatic rings. The molecule has 4 rings (SSSR count). The summed E-state index contributed by atoms with van der Waals surface area (Å²) in [6.45, 7) is 1.13. The van der Waals surface area contributed by atoms with Crippen molar-refractivity contribution < 1.29 is 0 Å². The maximum absolute atomic E-state index is 9.26.